The molecule has 0 bridgehead atoms. The maximum atomic E-state index is 10.9. The van der Waals surface area contributed by atoms with Gasteiger partial charge < -0.3 is 10.6 Å². The molecule has 2 N–H and O–H groups in total. The molecule has 24 heavy (non-hydrogen) atoms. The van der Waals surface area contributed by atoms with E-state index in [4.69, 9.17) is 23.8 Å². The Morgan fingerprint density at radius 1 is 1.33 bits per heavy atom. The van der Waals surface area contributed by atoms with E-state index in [1.54, 1.807) is 0 Å². The topological polar surface area (TPSA) is 67.2 Å². The standard InChI is InChI=1S/C16H14ClN3O2S2/c17-12-6-5-10(20(21)22)9-14(12)19-16(23)18-13-7-8-24-15-4-2-1-3-11(13)15/h1-6,9,13H,7-8H2,(H2,18,19,23)/t13-/m0/s1. The van der Waals surface area contributed by atoms with E-state index in [1.807, 2.05) is 23.9 Å². The number of thioether (sulfide) groups is 1. The summed E-state index contributed by atoms with van der Waals surface area (Å²) < 4.78 is 0. The smallest absolute Gasteiger partial charge is 0.271 e. The lowest BCUT2D eigenvalue weighted by Gasteiger charge is -2.27. The van der Waals surface area contributed by atoms with Crippen molar-refractivity contribution in [2.75, 3.05) is 11.1 Å². The molecule has 0 saturated heterocycles. The van der Waals surface area contributed by atoms with Gasteiger partial charge in [-0.2, -0.15) is 0 Å². The Morgan fingerprint density at radius 3 is 2.92 bits per heavy atom. The molecule has 0 aromatic heterocycles. The highest BCUT2D eigenvalue weighted by Gasteiger charge is 2.21. The number of nitro groups is 1. The summed E-state index contributed by atoms with van der Waals surface area (Å²) in [5.41, 5.74) is 1.59. The Bertz CT molecular complexity index is 801. The zero-order valence-electron chi connectivity index (χ0n) is 12.5. The lowest BCUT2D eigenvalue weighted by atomic mass is 10.0. The molecule has 8 heteroatoms. The summed E-state index contributed by atoms with van der Waals surface area (Å²) in [4.78, 5) is 11.7. The first-order valence-electron chi connectivity index (χ1n) is 7.28. The SMILES string of the molecule is O=[N+]([O-])c1ccc(Cl)c(NC(=S)N[C@H]2CCSc3ccccc32)c1. The number of thiocarbonyl (C=S) groups is 1. The number of nitrogens with zero attached hydrogens (tertiary/aromatic N) is 1. The van der Waals surface area contributed by atoms with Gasteiger partial charge in [0.2, 0.25) is 0 Å². The quantitative estimate of drug-likeness (QED) is 0.455. The van der Waals surface area contributed by atoms with Gasteiger partial charge in [-0.15, -0.1) is 11.8 Å². The van der Waals surface area contributed by atoms with E-state index in [2.05, 4.69) is 22.8 Å². The van der Waals surface area contributed by atoms with E-state index in [9.17, 15) is 10.1 Å². The fraction of sp³-hybridized carbons (Fsp3) is 0.188. The first-order chi connectivity index (χ1) is 11.5. The fourth-order valence-corrected chi connectivity index (χ4v) is 4.07. The molecule has 0 unspecified atom stereocenters. The highest BCUT2D eigenvalue weighted by atomic mass is 35.5. The van der Waals surface area contributed by atoms with Gasteiger partial charge in [0.05, 0.1) is 21.7 Å². The fourth-order valence-electron chi connectivity index (χ4n) is 2.53. The number of nitrogens with one attached hydrogen (secondary N) is 2. The Hall–Kier alpha value is -1.83. The van der Waals surface area contributed by atoms with Crippen molar-refractivity contribution in [1.29, 1.82) is 0 Å². The zero-order chi connectivity index (χ0) is 17.1. The second kappa shape index (κ2) is 7.38. The minimum Gasteiger partial charge on any atom is -0.356 e. The van der Waals surface area contributed by atoms with Gasteiger partial charge in [-0.3, -0.25) is 10.1 Å². The first-order valence-corrected chi connectivity index (χ1v) is 9.05. The van der Waals surface area contributed by atoms with Crippen LogP contribution in [-0.2, 0) is 0 Å². The third-order valence-corrected chi connectivity index (χ3v) is 5.34. The van der Waals surface area contributed by atoms with Crippen molar-refractivity contribution in [3.63, 3.8) is 0 Å². The van der Waals surface area contributed by atoms with Gasteiger partial charge in [-0.05, 0) is 36.3 Å². The third-order valence-electron chi connectivity index (χ3n) is 3.67. The van der Waals surface area contributed by atoms with E-state index in [0.29, 0.717) is 15.8 Å². The molecule has 1 aliphatic heterocycles. The van der Waals surface area contributed by atoms with Crippen molar-refractivity contribution in [3.8, 4) is 0 Å². The second-order valence-corrected chi connectivity index (χ2v) is 7.20. The molecule has 0 fully saturated rings. The highest BCUT2D eigenvalue weighted by molar-refractivity contribution is 7.99. The number of hydrogen-bond donors (Lipinski definition) is 2. The van der Waals surface area contributed by atoms with Crippen molar-refractivity contribution in [2.45, 2.75) is 17.4 Å². The number of fused-ring (bicyclic) bond motifs is 1. The van der Waals surface area contributed by atoms with Gasteiger partial charge in [0.1, 0.15) is 0 Å². The van der Waals surface area contributed by atoms with Crippen molar-refractivity contribution in [1.82, 2.24) is 5.32 Å². The Balaban J connectivity index is 1.73. The molecule has 2 aromatic rings. The maximum Gasteiger partial charge on any atom is 0.271 e. The summed E-state index contributed by atoms with van der Waals surface area (Å²) in [5.74, 6) is 1.01. The van der Waals surface area contributed by atoms with Crippen LogP contribution in [0.3, 0.4) is 0 Å². The molecule has 1 atom stereocenters. The lowest BCUT2D eigenvalue weighted by Crippen LogP contribution is -2.34. The molecular weight excluding hydrogens is 366 g/mol. The molecule has 124 valence electrons. The third kappa shape index (κ3) is 3.80. The van der Waals surface area contributed by atoms with Crippen LogP contribution in [0.1, 0.15) is 18.0 Å². The Kier molecular flexibility index (Phi) is 5.23. The van der Waals surface area contributed by atoms with Gasteiger partial charge in [0.25, 0.3) is 5.69 Å². The molecule has 1 aliphatic rings. The van der Waals surface area contributed by atoms with Crippen LogP contribution in [0.25, 0.3) is 0 Å². The van der Waals surface area contributed by atoms with Crippen molar-refractivity contribution in [3.05, 3.63) is 63.2 Å². The van der Waals surface area contributed by atoms with Crippen molar-refractivity contribution < 1.29 is 4.92 Å². The van der Waals surface area contributed by atoms with Crippen LogP contribution in [0.5, 0.6) is 0 Å². The van der Waals surface area contributed by atoms with E-state index in [0.717, 1.165) is 12.2 Å². The molecule has 3 rings (SSSR count). The zero-order valence-corrected chi connectivity index (χ0v) is 14.9. The van der Waals surface area contributed by atoms with E-state index < -0.39 is 4.92 Å². The molecular formula is C16H14ClN3O2S2. The minimum atomic E-state index is -0.466. The van der Waals surface area contributed by atoms with Crippen LogP contribution in [0, 0.1) is 10.1 Å². The number of hydrogen-bond acceptors (Lipinski definition) is 4. The number of nitro benzene ring substituents is 1. The molecule has 0 saturated carbocycles. The summed E-state index contributed by atoms with van der Waals surface area (Å²) in [5, 5.41) is 17.9. The number of benzene rings is 2. The predicted octanol–water partition coefficient (Wildman–Crippen LogP) is 4.77. The van der Waals surface area contributed by atoms with Gasteiger partial charge in [-0.1, -0.05) is 29.8 Å². The lowest BCUT2D eigenvalue weighted by molar-refractivity contribution is -0.384. The molecule has 0 aliphatic carbocycles. The second-order valence-electron chi connectivity index (χ2n) is 5.25. The number of rotatable bonds is 3. The molecule has 5 nitrogen and oxygen atoms in total. The molecule has 0 amide bonds. The van der Waals surface area contributed by atoms with Crippen LogP contribution >= 0.6 is 35.6 Å². The number of anilines is 1. The summed E-state index contributed by atoms with van der Waals surface area (Å²) in [6.07, 6.45) is 0.951. The largest absolute Gasteiger partial charge is 0.356 e. The molecule has 0 spiro atoms. The van der Waals surface area contributed by atoms with Crippen LogP contribution in [-0.4, -0.2) is 15.8 Å². The van der Waals surface area contributed by atoms with Gasteiger partial charge >= 0.3 is 0 Å². The van der Waals surface area contributed by atoms with E-state index in [-0.39, 0.29) is 11.7 Å². The monoisotopic (exact) mass is 379 g/mol. The predicted molar refractivity (Wildman–Crippen MR) is 102 cm³/mol. The number of non-ortho nitro benzene ring substituents is 1. The molecule has 0 radical (unpaired) electrons. The van der Waals surface area contributed by atoms with E-state index in [1.165, 1.54) is 28.7 Å². The highest BCUT2D eigenvalue weighted by Crippen LogP contribution is 2.36. The Labute approximate surface area is 153 Å². The summed E-state index contributed by atoms with van der Waals surface area (Å²) >= 11 is 13.3. The molecule has 1 heterocycles. The summed E-state index contributed by atoms with van der Waals surface area (Å²) in [6, 6.07) is 12.5. The van der Waals surface area contributed by atoms with Gasteiger partial charge in [0.15, 0.2) is 5.11 Å². The van der Waals surface area contributed by atoms with E-state index >= 15 is 0 Å². The van der Waals surface area contributed by atoms with Gasteiger partial charge in [0, 0.05) is 22.8 Å². The minimum absolute atomic E-state index is 0.0379. The summed E-state index contributed by atoms with van der Waals surface area (Å²) in [7, 11) is 0. The summed E-state index contributed by atoms with van der Waals surface area (Å²) in [6.45, 7) is 0. The Morgan fingerprint density at radius 2 is 2.12 bits per heavy atom. The van der Waals surface area contributed by atoms with Crippen LogP contribution in [0.4, 0.5) is 11.4 Å². The first kappa shape index (κ1) is 17.0. The van der Waals surface area contributed by atoms with Crippen molar-refractivity contribution in [2.24, 2.45) is 0 Å². The van der Waals surface area contributed by atoms with Crippen LogP contribution in [0.2, 0.25) is 5.02 Å². The van der Waals surface area contributed by atoms with Gasteiger partial charge in [-0.25, -0.2) is 0 Å². The normalized spacial score (nSPS) is 16.1. The van der Waals surface area contributed by atoms with Crippen LogP contribution in [0.15, 0.2) is 47.4 Å². The van der Waals surface area contributed by atoms with Crippen LogP contribution < -0.4 is 10.6 Å². The average Bonchev–Trinajstić information content (AvgIpc) is 2.57. The molecule has 2 aromatic carbocycles. The maximum absolute atomic E-state index is 10.9. The average molecular weight is 380 g/mol. The van der Waals surface area contributed by atoms with Crippen molar-refractivity contribution >= 4 is 52.1 Å². The number of halogens is 1.